The number of carbonyl (C=O) groups excluding carboxylic acids is 1. The number of nitrogens with two attached hydrogens (primary N) is 1. The normalized spacial score (nSPS) is 21.0. The van der Waals surface area contributed by atoms with Gasteiger partial charge in [0.15, 0.2) is 0 Å². The van der Waals surface area contributed by atoms with Gasteiger partial charge in [-0.25, -0.2) is 5.06 Å². The first-order valence-electron chi connectivity index (χ1n) is 7.58. The molecule has 5 heteroatoms. The number of amides is 1. The van der Waals surface area contributed by atoms with Crippen molar-refractivity contribution in [2.75, 3.05) is 11.7 Å². The number of nitrogens with zero attached hydrogens (tertiary/aromatic N) is 1. The maximum Gasteiger partial charge on any atom is 0.225 e. The van der Waals surface area contributed by atoms with Gasteiger partial charge in [-0.1, -0.05) is 36.4 Å². The van der Waals surface area contributed by atoms with Crippen molar-refractivity contribution in [3.63, 3.8) is 0 Å². The second-order valence-corrected chi connectivity index (χ2v) is 5.70. The minimum atomic E-state index is -0.394. The van der Waals surface area contributed by atoms with E-state index in [0.717, 1.165) is 22.2 Å². The number of rotatable bonds is 3. The fourth-order valence-electron chi connectivity index (χ4n) is 3.23. The molecule has 1 fully saturated rings. The van der Waals surface area contributed by atoms with E-state index in [9.17, 15) is 4.79 Å². The van der Waals surface area contributed by atoms with Crippen LogP contribution in [0.15, 0.2) is 60.8 Å². The third kappa shape index (κ3) is 2.26. The average molecular weight is 307 g/mol. The molecule has 0 unspecified atom stereocenters. The number of fused-ring (bicyclic) bond motifs is 1. The zero-order valence-electron chi connectivity index (χ0n) is 12.5. The number of nitrogens with one attached hydrogen (secondary N) is 1. The maximum atomic E-state index is 11.9. The quantitative estimate of drug-likeness (QED) is 0.781. The van der Waals surface area contributed by atoms with E-state index in [4.69, 9.17) is 10.6 Å². The van der Waals surface area contributed by atoms with Gasteiger partial charge in [-0.05, 0) is 18.2 Å². The molecule has 23 heavy (non-hydrogen) atoms. The number of aromatic amines is 1. The summed E-state index contributed by atoms with van der Waals surface area (Å²) in [4.78, 5) is 21.0. The molecule has 0 spiro atoms. The summed E-state index contributed by atoms with van der Waals surface area (Å²) in [6, 6.07) is 17.6. The summed E-state index contributed by atoms with van der Waals surface area (Å²) in [5, 5.41) is 2.88. The van der Waals surface area contributed by atoms with Gasteiger partial charge in [0, 0.05) is 22.7 Å². The first-order chi connectivity index (χ1) is 11.3. The molecule has 3 aromatic rings. The monoisotopic (exact) mass is 307 g/mol. The van der Waals surface area contributed by atoms with E-state index >= 15 is 0 Å². The average Bonchev–Trinajstić information content (AvgIpc) is 3.19. The largest absolute Gasteiger partial charge is 0.369 e. The third-order valence-corrected chi connectivity index (χ3v) is 4.34. The van der Waals surface area contributed by atoms with Gasteiger partial charge in [0.05, 0.1) is 24.3 Å². The van der Waals surface area contributed by atoms with E-state index < -0.39 is 5.92 Å². The molecule has 1 amide bonds. The first kappa shape index (κ1) is 13.8. The van der Waals surface area contributed by atoms with Gasteiger partial charge >= 0.3 is 0 Å². The molecule has 0 bridgehead atoms. The maximum absolute atomic E-state index is 11.9. The Morgan fingerprint density at radius 3 is 2.65 bits per heavy atom. The van der Waals surface area contributed by atoms with Crippen molar-refractivity contribution in [1.29, 1.82) is 0 Å². The van der Waals surface area contributed by atoms with Crippen molar-refractivity contribution < 1.29 is 9.63 Å². The molecule has 1 saturated heterocycles. The molecule has 0 saturated carbocycles. The highest BCUT2D eigenvalue weighted by Crippen LogP contribution is 2.41. The number of para-hydroxylation sites is 2. The second-order valence-electron chi connectivity index (χ2n) is 5.70. The Hall–Kier alpha value is -2.79. The standard InChI is InChI=1S/C18H17N3O2/c19-18(22)15-11-23-21(12-6-2-1-3-7-12)17(15)14-10-20-16-9-5-4-8-13(14)16/h1-10,15,17,20H,11H2,(H2,19,22)/t15-,17+/m1/s1. The Morgan fingerprint density at radius 2 is 1.87 bits per heavy atom. The summed E-state index contributed by atoms with van der Waals surface area (Å²) in [7, 11) is 0. The lowest BCUT2D eigenvalue weighted by Crippen LogP contribution is -2.31. The molecule has 0 aliphatic carbocycles. The number of anilines is 1. The minimum absolute atomic E-state index is 0.244. The number of hydroxylamine groups is 1. The molecule has 4 rings (SSSR count). The van der Waals surface area contributed by atoms with Crippen LogP contribution in [-0.2, 0) is 9.63 Å². The Kier molecular flexibility index (Phi) is 3.28. The minimum Gasteiger partial charge on any atom is -0.369 e. The molecule has 5 nitrogen and oxygen atoms in total. The van der Waals surface area contributed by atoms with Crippen LogP contribution < -0.4 is 10.8 Å². The van der Waals surface area contributed by atoms with E-state index in [-0.39, 0.29) is 18.6 Å². The molecule has 0 radical (unpaired) electrons. The van der Waals surface area contributed by atoms with Crippen LogP contribution in [0.4, 0.5) is 5.69 Å². The lowest BCUT2D eigenvalue weighted by Gasteiger charge is -2.26. The number of carbonyl (C=O) groups is 1. The second kappa shape index (κ2) is 5.44. The van der Waals surface area contributed by atoms with Crippen molar-refractivity contribution in [2.24, 2.45) is 11.7 Å². The van der Waals surface area contributed by atoms with Gasteiger partial charge in [-0.3, -0.25) is 9.63 Å². The van der Waals surface area contributed by atoms with Gasteiger partial charge in [-0.15, -0.1) is 0 Å². The van der Waals surface area contributed by atoms with Crippen molar-refractivity contribution in [3.05, 3.63) is 66.4 Å². The summed E-state index contributed by atoms with van der Waals surface area (Å²) in [5.41, 5.74) is 8.58. The molecule has 2 aromatic carbocycles. The predicted octanol–water partition coefficient (Wildman–Crippen LogP) is 2.76. The Labute approximate surface area is 133 Å². The number of hydrogen-bond acceptors (Lipinski definition) is 3. The number of hydrogen-bond donors (Lipinski definition) is 2. The summed E-state index contributed by atoms with van der Waals surface area (Å²) in [6.45, 7) is 0.286. The highest BCUT2D eigenvalue weighted by Gasteiger charge is 2.41. The van der Waals surface area contributed by atoms with Crippen molar-refractivity contribution in [1.82, 2.24) is 4.98 Å². The van der Waals surface area contributed by atoms with Crippen LogP contribution in [0.25, 0.3) is 10.9 Å². The molecular weight excluding hydrogens is 290 g/mol. The summed E-state index contributed by atoms with van der Waals surface area (Å²) < 4.78 is 0. The number of H-pyrrole nitrogens is 1. The molecule has 2 atom stereocenters. The molecule has 116 valence electrons. The van der Waals surface area contributed by atoms with E-state index in [0.29, 0.717) is 0 Å². The summed E-state index contributed by atoms with van der Waals surface area (Å²) in [6.07, 6.45) is 1.94. The zero-order valence-corrected chi connectivity index (χ0v) is 12.5. The van der Waals surface area contributed by atoms with E-state index in [1.807, 2.05) is 60.8 Å². The van der Waals surface area contributed by atoms with Crippen LogP contribution in [-0.4, -0.2) is 17.5 Å². The lowest BCUT2D eigenvalue weighted by atomic mass is 9.93. The van der Waals surface area contributed by atoms with Crippen LogP contribution in [0.3, 0.4) is 0 Å². The molecular formula is C18H17N3O2. The molecule has 3 N–H and O–H groups in total. The van der Waals surface area contributed by atoms with E-state index in [2.05, 4.69) is 4.98 Å². The fraction of sp³-hybridized carbons (Fsp3) is 0.167. The predicted molar refractivity (Wildman–Crippen MR) is 88.6 cm³/mol. The van der Waals surface area contributed by atoms with Crippen molar-refractivity contribution >= 4 is 22.5 Å². The topological polar surface area (TPSA) is 71.4 Å². The summed E-state index contributed by atoms with van der Waals surface area (Å²) in [5.74, 6) is -0.742. The van der Waals surface area contributed by atoms with Gasteiger partial charge in [0.25, 0.3) is 0 Å². The summed E-state index contributed by atoms with van der Waals surface area (Å²) >= 11 is 0. The molecule has 2 heterocycles. The van der Waals surface area contributed by atoms with Crippen LogP contribution in [0.5, 0.6) is 0 Å². The van der Waals surface area contributed by atoms with Crippen molar-refractivity contribution in [3.8, 4) is 0 Å². The Balaban J connectivity index is 1.84. The van der Waals surface area contributed by atoms with Crippen LogP contribution in [0, 0.1) is 5.92 Å². The highest BCUT2D eigenvalue weighted by molar-refractivity contribution is 5.86. The van der Waals surface area contributed by atoms with Crippen molar-refractivity contribution in [2.45, 2.75) is 6.04 Å². The fourth-order valence-corrected chi connectivity index (χ4v) is 3.23. The third-order valence-electron chi connectivity index (χ3n) is 4.34. The van der Waals surface area contributed by atoms with Gasteiger partial charge < -0.3 is 10.7 Å². The SMILES string of the molecule is NC(=O)[C@@H]1CON(c2ccccc2)[C@H]1c1c[nH]c2ccccc12. The van der Waals surface area contributed by atoms with Crippen LogP contribution in [0.2, 0.25) is 0 Å². The first-order valence-corrected chi connectivity index (χ1v) is 7.58. The zero-order chi connectivity index (χ0) is 15.8. The van der Waals surface area contributed by atoms with Crippen LogP contribution >= 0.6 is 0 Å². The molecule has 1 aliphatic heterocycles. The Morgan fingerprint density at radius 1 is 1.13 bits per heavy atom. The number of aromatic nitrogens is 1. The highest BCUT2D eigenvalue weighted by atomic mass is 16.7. The smallest absolute Gasteiger partial charge is 0.225 e. The van der Waals surface area contributed by atoms with E-state index in [1.54, 1.807) is 5.06 Å². The molecule has 1 aromatic heterocycles. The van der Waals surface area contributed by atoms with Crippen LogP contribution in [0.1, 0.15) is 11.6 Å². The number of primary amides is 1. The molecule has 1 aliphatic rings. The van der Waals surface area contributed by atoms with Gasteiger partial charge in [0.2, 0.25) is 5.91 Å². The Bertz CT molecular complexity index is 844. The van der Waals surface area contributed by atoms with E-state index in [1.165, 1.54) is 0 Å². The van der Waals surface area contributed by atoms with Gasteiger partial charge in [-0.2, -0.15) is 0 Å². The number of benzene rings is 2. The lowest BCUT2D eigenvalue weighted by molar-refractivity contribution is -0.122. The van der Waals surface area contributed by atoms with Gasteiger partial charge in [0.1, 0.15) is 0 Å².